The lowest BCUT2D eigenvalue weighted by atomic mass is 9.96. The highest BCUT2D eigenvalue weighted by molar-refractivity contribution is 9.10. The highest BCUT2D eigenvalue weighted by Gasteiger charge is 2.29. The van der Waals surface area contributed by atoms with Crippen molar-refractivity contribution in [1.29, 1.82) is 0 Å². The van der Waals surface area contributed by atoms with Crippen LogP contribution in [0.15, 0.2) is 10.7 Å². The number of nitrogens with one attached hydrogen (secondary N) is 1. The molecule has 0 amide bonds. The van der Waals surface area contributed by atoms with Crippen LogP contribution in [0.2, 0.25) is 0 Å². The quantitative estimate of drug-likeness (QED) is 0.864. The Kier molecular flexibility index (Phi) is 3.30. The Morgan fingerprint density at radius 1 is 1.69 bits per heavy atom. The van der Waals surface area contributed by atoms with Crippen LogP contribution in [0.5, 0.6) is 0 Å². The largest absolute Gasteiger partial charge is 0.480 e. The SMILES string of the molecule is Cn1ncc(Br)c1C1CCCC(C(=O)O)N1. The number of carbonyl (C=O) groups is 1. The van der Waals surface area contributed by atoms with E-state index >= 15 is 0 Å². The number of carboxylic acids is 1. The number of nitrogens with zero attached hydrogens (tertiary/aromatic N) is 2. The van der Waals surface area contributed by atoms with E-state index in [1.807, 2.05) is 7.05 Å². The Labute approximate surface area is 102 Å². The summed E-state index contributed by atoms with van der Waals surface area (Å²) in [5.41, 5.74) is 1.02. The maximum absolute atomic E-state index is 10.9. The summed E-state index contributed by atoms with van der Waals surface area (Å²) in [4.78, 5) is 10.9. The predicted molar refractivity (Wildman–Crippen MR) is 62.1 cm³/mol. The number of aliphatic carboxylic acids is 1. The molecule has 1 fully saturated rings. The van der Waals surface area contributed by atoms with E-state index in [4.69, 9.17) is 5.11 Å². The molecule has 6 heteroatoms. The fraction of sp³-hybridized carbons (Fsp3) is 0.600. The van der Waals surface area contributed by atoms with Crippen LogP contribution < -0.4 is 5.32 Å². The summed E-state index contributed by atoms with van der Waals surface area (Å²) in [6.07, 6.45) is 4.30. The lowest BCUT2D eigenvalue weighted by Gasteiger charge is -2.28. The van der Waals surface area contributed by atoms with E-state index in [0.29, 0.717) is 6.42 Å². The lowest BCUT2D eigenvalue weighted by molar-refractivity contribution is -0.140. The van der Waals surface area contributed by atoms with E-state index in [1.54, 1.807) is 10.9 Å². The lowest BCUT2D eigenvalue weighted by Crippen LogP contribution is -2.43. The van der Waals surface area contributed by atoms with Crippen LogP contribution in [0, 0.1) is 0 Å². The van der Waals surface area contributed by atoms with Gasteiger partial charge in [-0.15, -0.1) is 0 Å². The van der Waals surface area contributed by atoms with Gasteiger partial charge in [0.1, 0.15) is 6.04 Å². The van der Waals surface area contributed by atoms with Crippen LogP contribution >= 0.6 is 15.9 Å². The van der Waals surface area contributed by atoms with Crippen LogP contribution in [0.3, 0.4) is 0 Å². The van der Waals surface area contributed by atoms with Crippen molar-refractivity contribution in [2.75, 3.05) is 0 Å². The molecule has 5 nitrogen and oxygen atoms in total. The summed E-state index contributed by atoms with van der Waals surface area (Å²) in [7, 11) is 1.87. The Hall–Kier alpha value is -0.880. The molecule has 0 aliphatic carbocycles. The fourth-order valence-corrected chi connectivity index (χ4v) is 2.78. The number of hydrogen-bond acceptors (Lipinski definition) is 3. The third-order valence-corrected chi connectivity index (χ3v) is 3.56. The molecule has 0 spiro atoms. The van der Waals surface area contributed by atoms with Crippen molar-refractivity contribution < 1.29 is 9.90 Å². The van der Waals surface area contributed by atoms with E-state index in [2.05, 4.69) is 26.3 Å². The number of aryl methyl sites for hydroxylation is 1. The maximum Gasteiger partial charge on any atom is 0.320 e. The second-order valence-electron chi connectivity index (χ2n) is 4.04. The van der Waals surface area contributed by atoms with E-state index in [0.717, 1.165) is 23.0 Å². The van der Waals surface area contributed by atoms with E-state index in [1.165, 1.54) is 0 Å². The molecule has 1 aromatic heterocycles. The zero-order valence-electron chi connectivity index (χ0n) is 8.98. The zero-order valence-corrected chi connectivity index (χ0v) is 10.6. The molecule has 0 aromatic carbocycles. The van der Waals surface area contributed by atoms with Gasteiger partial charge in [0.15, 0.2) is 0 Å². The van der Waals surface area contributed by atoms with Gasteiger partial charge in [-0.05, 0) is 35.2 Å². The monoisotopic (exact) mass is 287 g/mol. The number of aromatic nitrogens is 2. The van der Waals surface area contributed by atoms with Gasteiger partial charge in [-0.25, -0.2) is 0 Å². The van der Waals surface area contributed by atoms with Crippen LogP contribution in [-0.2, 0) is 11.8 Å². The molecule has 2 atom stereocenters. The molecule has 1 aliphatic heterocycles. The number of halogens is 1. The first-order chi connectivity index (χ1) is 7.59. The van der Waals surface area contributed by atoms with Crippen LogP contribution in [0.1, 0.15) is 31.0 Å². The minimum atomic E-state index is -0.775. The molecule has 0 bridgehead atoms. The molecule has 1 aromatic rings. The summed E-state index contributed by atoms with van der Waals surface area (Å²) in [6.45, 7) is 0. The Balaban J connectivity index is 2.19. The standard InChI is InChI=1S/C10H14BrN3O2/c1-14-9(6(11)5-12-14)7-3-2-4-8(13-7)10(15)16/h5,7-8,13H,2-4H2,1H3,(H,15,16). The average Bonchev–Trinajstić information content (AvgIpc) is 2.59. The molecule has 0 radical (unpaired) electrons. The van der Waals surface area contributed by atoms with Gasteiger partial charge in [-0.3, -0.25) is 14.8 Å². The highest BCUT2D eigenvalue weighted by atomic mass is 79.9. The third kappa shape index (κ3) is 2.12. The summed E-state index contributed by atoms with van der Waals surface area (Å²) in [5, 5.41) is 16.3. The first-order valence-corrected chi connectivity index (χ1v) is 6.05. The second-order valence-corrected chi connectivity index (χ2v) is 4.90. The van der Waals surface area contributed by atoms with Crippen LogP contribution in [0.4, 0.5) is 0 Å². The normalized spacial score (nSPS) is 25.6. The van der Waals surface area contributed by atoms with Crippen molar-refractivity contribution >= 4 is 21.9 Å². The highest BCUT2D eigenvalue weighted by Crippen LogP contribution is 2.30. The molecule has 1 aliphatic rings. The number of rotatable bonds is 2. The van der Waals surface area contributed by atoms with E-state index in [-0.39, 0.29) is 6.04 Å². The molecule has 16 heavy (non-hydrogen) atoms. The second kappa shape index (κ2) is 4.55. The third-order valence-electron chi connectivity index (χ3n) is 2.95. The Morgan fingerprint density at radius 3 is 3.00 bits per heavy atom. The molecule has 2 N–H and O–H groups in total. The van der Waals surface area contributed by atoms with Crippen molar-refractivity contribution in [3.8, 4) is 0 Å². The molecule has 88 valence electrons. The Morgan fingerprint density at radius 2 is 2.44 bits per heavy atom. The zero-order chi connectivity index (χ0) is 11.7. The Bertz CT molecular complexity index is 385. The average molecular weight is 288 g/mol. The van der Waals surface area contributed by atoms with Gasteiger partial charge < -0.3 is 5.11 Å². The van der Waals surface area contributed by atoms with Crippen molar-refractivity contribution in [2.45, 2.75) is 31.3 Å². The smallest absolute Gasteiger partial charge is 0.320 e. The first kappa shape index (κ1) is 11.6. The van der Waals surface area contributed by atoms with Gasteiger partial charge in [0.05, 0.1) is 22.4 Å². The summed E-state index contributed by atoms with van der Waals surface area (Å²) < 4.78 is 2.71. The van der Waals surface area contributed by atoms with E-state index < -0.39 is 12.0 Å². The first-order valence-electron chi connectivity index (χ1n) is 5.26. The van der Waals surface area contributed by atoms with Crippen LogP contribution in [-0.4, -0.2) is 26.9 Å². The molecule has 2 heterocycles. The van der Waals surface area contributed by atoms with Gasteiger partial charge in [-0.1, -0.05) is 0 Å². The molecule has 2 unspecified atom stereocenters. The number of piperidine rings is 1. The minimum absolute atomic E-state index is 0.0664. The topological polar surface area (TPSA) is 67.2 Å². The van der Waals surface area contributed by atoms with Crippen molar-refractivity contribution in [1.82, 2.24) is 15.1 Å². The molecular weight excluding hydrogens is 274 g/mol. The minimum Gasteiger partial charge on any atom is -0.480 e. The van der Waals surface area contributed by atoms with E-state index in [9.17, 15) is 4.79 Å². The fourth-order valence-electron chi connectivity index (χ4n) is 2.16. The summed E-state index contributed by atoms with van der Waals surface area (Å²) in [5.74, 6) is -0.775. The van der Waals surface area contributed by atoms with Gasteiger partial charge in [0.25, 0.3) is 0 Å². The molecular formula is C10H14BrN3O2. The molecule has 2 rings (SSSR count). The molecule has 1 saturated heterocycles. The van der Waals surface area contributed by atoms with Gasteiger partial charge >= 0.3 is 5.97 Å². The summed E-state index contributed by atoms with van der Waals surface area (Å²) in [6, 6.07) is -0.378. The summed E-state index contributed by atoms with van der Waals surface area (Å²) >= 11 is 3.44. The van der Waals surface area contributed by atoms with Crippen molar-refractivity contribution in [3.05, 3.63) is 16.4 Å². The van der Waals surface area contributed by atoms with Crippen molar-refractivity contribution in [3.63, 3.8) is 0 Å². The molecule has 0 saturated carbocycles. The van der Waals surface area contributed by atoms with Crippen LogP contribution in [0.25, 0.3) is 0 Å². The number of carboxylic acid groups (broad SMARTS) is 1. The predicted octanol–water partition coefficient (Wildman–Crippen LogP) is 1.45. The van der Waals surface area contributed by atoms with Gasteiger partial charge in [-0.2, -0.15) is 5.10 Å². The van der Waals surface area contributed by atoms with Crippen molar-refractivity contribution in [2.24, 2.45) is 7.05 Å². The van der Waals surface area contributed by atoms with Gasteiger partial charge in [0.2, 0.25) is 0 Å². The number of hydrogen-bond donors (Lipinski definition) is 2. The van der Waals surface area contributed by atoms with Gasteiger partial charge in [0, 0.05) is 7.05 Å². The maximum atomic E-state index is 10.9.